The van der Waals surface area contributed by atoms with Crippen molar-refractivity contribution in [3.8, 4) is 0 Å². The normalized spacial score (nSPS) is 17.7. The SMILES string of the molecule is C=CC(=O)O.C=CC=C.O=C(Cl)C1CCCCC1.O=C(O)C1CC=CCC1.O=C(O)C1CCCCC1.O=C(c1ccccc1)C1CCCCC1.[Cl][Al]([Cl])[Cl]. The van der Waals surface area contributed by atoms with Crippen molar-refractivity contribution < 1.29 is 39.3 Å². The highest BCUT2D eigenvalue weighted by Gasteiger charge is 2.22. The second-order valence-corrected chi connectivity index (χ2v) is 19.8. The number of carboxylic acid groups (broad SMARTS) is 3. The Balaban J connectivity index is 0. The highest BCUT2D eigenvalue weighted by Crippen LogP contribution is 2.27. The van der Waals surface area contributed by atoms with Gasteiger partial charge in [-0.05, 0) is 69.4 Å². The van der Waals surface area contributed by atoms with Gasteiger partial charge in [0.15, 0.2) is 5.78 Å². The van der Waals surface area contributed by atoms with Crippen LogP contribution in [0.3, 0.4) is 0 Å². The van der Waals surface area contributed by atoms with Crippen LogP contribution in [0.25, 0.3) is 0 Å². The molecule has 8 nitrogen and oxygen atoms in total. The van der Waals surface area contributed by atoms with Crippen molar-refractivity contribution in [3.05, 3.63) is 86.0 Å². The molecule has 0 spiro atoms. The number of aliphatic carboxylic acids is 3. The van der Waals surface area contributed by atoms with Gasteiger partial charge in [-0.2, -0.15) is 0 Å². The summed E-state index contributed by atoms with van der Waals surface area (Å²) in [4.78, 5) is 52.5. The number of carboxylic acids is 3. The van der Waals surface area contributed by atoms with E-state index >= 15 is 0 Å². The van der Waals surface area contributed by atoms with Crippen LogP contribution < -0.4 is 0 Å². The van der Waals surface area contributed by atoms with Gasteiger partial charge in [-0.15, -0.1) is 0 Å². The Bertz CT molecular complexity index is 1200. The molecule has 302 valence electrons. The van der Waals surface area contributed by atoms with E-state index in [1.165, 1.54) is 44.9 Å². The standard InChI is InChI=1S/C13H16O.C7H11ClO.C7H12O2.C7H10O2.C4H6.C3H4O2.Al.3ClH/c14-13(11-7-3-1-4-8-11)12-9-5-2-6-10-12;3*8-7(9)6-4-2-1-3-5-6;1-3-4-2;1-2-3(4)5;;;;/h1,3-4,7-8,12H,2,5-6,9-10H2;6H,1-5H2;6H,1-5H2,(H,8,9);1-2,6H,3-5H2,(H,8,9);3-4H,1-2H2;2H,1H2,(H,4,5);;3*1H/q;;;;;;+3;;;/p-3. The molecule has 0 bridgehead atoms. The predicted molar refractivity (Wildman–Crippen MR) is 225 cm³/mol. The van der Waals surface area contributed by atoms with Crippen LogP contribution in [0, 0.1) is 23.7 Å². The summed E-state index contributed by atoms with van der Waals surface area (Å²) in [6.07, 6.45) is 27.4. The fourth-order valence-electron chi connectivity index (χ4n) is 5.90. The van der Waals surface area contributed by atoms with Crippen molar-refractivity contribution in [1.29, 1.82) is 0 Å². The minimum atomic E-state index is -1.72. The van der Waals surface area contributed by atoms with Crippen LogP contribution in [0.4, 0.5) is 0 Å². The zero-order valence-electron chi connectivity index (χ0n) is 31.4. The van der Waals surface area contributed by atoms with Gasteiger partial charge < -0.3 is 15.3 Å². The molecule has 54 heavy (non-hydrogen) atoms. The first kappa shape index (κ1) is 53.7. The number of rotatable bonds is 7. The average molecular weight is 849 g/mol. The lowest BCUT2D eigenvalue weighted by Gasteiger charge is -2.20. The van der Waals surface area contributed by atoms with E-state index in [1.54, 1.807) is 12.2 Å². The first-order valence-corrected chi connectivity index (χ1v) is 24.2. The van der Waals surface area contributed by atoms with E-state index in [4.69, 9.17) is 57.1 Å². The highest BCUT2D eigenvalue weighted by atomic mass is 35.8. The van der Waals surface area contributed by atoms with Gasteiger partial charge in [0.25, 0.3) is 0 Å². The van der Waals surface area contributed by atoms with Crippen LogP contribution in [-0.4, -0.2) is 55.6 Å². The molecule has 0 aliphatic heterocycles. The average Bonchev–Trinajstić information content (AvgIpc) is 3.20. The molecule has 4 aliphatic carbocycles. The molecule has 1 aromatic carbocycles. The van der Waals surface area contributed by atoms with E-state index in [0.717, 1.165) is 82.3 Å². The lowest BCUT2D eigenvalue weighted by Crippen LogP contribution is -2.17. The van der Waals surface area contributed by atoms with Crippen LogP contribution in [-0.2, 0) is 19.2 Å². The van der Waals surface area contributed by atoms with Crippen molar-refractivity contribution in [3.63, 3.8) is 0 Å². The molecule has 1 unspecified atom stereocenters. The summed E-state index contributed by atoms with van der Waals surface area (Å²) in [6.45, 7) is 9.68. The van der Waals surface area contributed by atoms with Crippen molar-refractivity contribution in [2.24, 2.45) is 23.7 Å². The smallest absolute Gasteiger partial charge is 0.481 e. The van der Waals surface area contributed by atoms with E-state index in [-0.39, 0.29) is 23.0 Å². The molecule has 3 fully saturated rings. The Labute approximate surface area is 344 Å². The topological polar surface area (TPSA) is 146 Å². The maximum absolute atomic E-state index is 12.0. The summed E-state index contributed by atoms with van der Waals surface area (Å²) in [5.74, 6) is -1.55. The molecule has 4 aliphatic rings. The molecule has 13 heteroatoms. The summed E-state index contributed by atoms with van der Waals surface area (Å²) in [5.41, 5.74) is 0.888. The van der Waals surface area contributed by atoms with Crippen LogP contribution >= 0.6 is 41.7 Å². The summed E-state index contributed by atoms with van der Waals surface area (Å²) in [7, 11) is 14.8. The number of ketones is 1. The number of Topliss-reactive ketones (excluding diaryl/α,β-unsaturated/α-hetero) is 1. The predicted octanol–water partition coefficient (Wildman–Crippen LogP) is 12.2. The molecule has 0 radical (unpaired) electrons. The summed E-state index contributed by atoms with van der Waals surface area (Å²) >= 11 is 3.60. The molecule has 0 amide bonds. The van der Waals surface area contributed by atoms with Crippen molar-refractivity contribution >= 4 is 82.1 Å². The molecule has 3 saturated carbocycles. The van der Waals surface area contributed by atoms with Crippen LogP contribution in [0.1, 0.15) is 126 Å². The quantitative estimate of drug-likeness (QED) is 0.0614. The van der Waals surface area contributed by atoms with Crippen LogP contribution in [0.2, 0.25) is 0 Å². The largest absolute Gasteiger partial charge is 0.643 e. The number of hydrogen-bond acceptors (Lipinski definition) is 5. The number of allylic oxidation sites excluding steroid dienone is 4. The number of benzene rings is 1. The van der Waals surface area contributed by atoms with Gasteiger partial charge in [-0.25, -0.2) is 34.9 Å². The Kier molecular flexibility index (Phi) is 36.1. The third-order valence-electron chi connectivity index (χ3n) is 8.87. The van der Waals surface area contributed by atoms with Crippen LogP contribution in [0.5, 0.6) is 0 Å². The van der Waals surface area contributed by atoms with E-state index < -0.39 is 29.3 Å². The Morgan fingerprint density at radius 3 is 1.24 bits per heavy atom. The number of hydrogen-bond donors (Lipinski definition) is 3. The summed E-state index contributed by atoms with van der Waals surface area (Å²) in [6, 6.07) is 9.69. The van der Waals surface area contributed by atoms with Gasteiger partial charge in [0, 0.05) is 23.5 Å². The third-order valence-corrected chi connectivity index (χ3v) is 9.18. The second-order valence-electron chi connectivity index (χ2n) is 13.0. The van der Waals surface area contributed by atoms with E-state index in [0.29, 0.717) is 11.7 Å². The zero-order valence-corrected chi connectivity index (χ0v) is 35.6. The Morgan fingerprint density at radius 2 is 0.981 bits per heavy atom. The van der Waals surface area contributed by atoms with Crippen molar-refractivity contribution in [2.45, 2.75) is 116 Å². The van der Waals surface area contributed by atoms with Gasteiger partial charge in [-0.3, -0.25) is 19.2 Å². The fourth-order valence-corrected chi connectivity index (χ4v) is 6.12. The van der Waals surface area contributed by atoms with Gasteiger partial charge in [0.1, 0.15) is 0 Å². The first-order chi connectivity index (χ1) is 25.7. The lowest BCUT2D eigenvalue weighted by atomic mass is 9.84. The molecule has 3 N–H and O–H groups in total. The van der Waals surface area contributed by atoms with Gasteiger partial charge >= 0.3 is 29.3 Å². The number of carbonyl (C=O) groups excluding carboxylic acids is 2. The number of halogens is 4. The van der Waals surface area contributed by atoms with Crippen molar-refractivity contribution in [1.82, 2.24) is 0 Å². The monoisotopic (exact) mass is 846 g/mol. The molecular formula is C41H59AlCl4O8. The minimum Gasteiger partial charge on any atom is -0.481 e. The molecule has 1 atom stereocenters. The van der Waals surface area contributed by atoms with E-state index in [2.05, 4.69) is 19.7 Å². The maximum atomic E-state index is 12.0. The Hall–Kier alpha value is -2.38. The van der Waals surface area contributed by atoms with E-state index in [9.17, 15) is 24.0 Å². The van der Waals surface area contributed by atoms with Gasteiger partial charge in [0.05, 0.1) is 11.8 Å². The minimum absolute atomic E-state index is 0.0289. The first-order valence-electron chi connectivity index (χ1n) is 18.6. The molecule has 5 rings (SSSR count). The van der Waals surface area contributed by atoms with Crippen LogP contribution in [0.15, 0.2) is 80.4 Å². The van der Waals surface area contributed by atoms with Gasteiger partial charge in [-0.1, -0.05) is 132 Å². The van der Waals surface area contributed by atoms with Crippen molar-refractivity contribution in [2.75, 3.05) is 0 Å². The fraction of sp³-hybridized carbons (Fsp3) is 0.537. The molecule has 0 saturated heterocycles. The summed E-state index contributed by atoms with van der Waals surface area (Å²) < 4.78 is 0. The summed E-state index contributed by atoms with van der Waals surface area (Å²) in [5, 5.41) is 24.5. The molecular weight excluding hydrogens is 789 g/mol. The maximum Gasteiger partial charge on any atom is 0.643 e. The van der Waals surface area contributed by atoms with Gasteiger partial charge in [0.2, 0.25) is 5.24 Å². The number of carbonyl (C=O) groups is 5. The van der Waals surface area contributed by atoms with E-state index in [1.807, 2.05) is 42.5 Å². The third kappa shape index (κ3) is 31.9. The highest BCUT2D eigenvalue weighted by molar-refractivity contribution is 7.54. The molecule has 0 aromatic heterocycles. The second kappa shape index (κ2) is 36.3. The lowest BCUT2D eigenvalue weighted by molar-refractivity contribution is -0.143. The zero-order chi connectivity index (χ0) is 41.1. The Morgan fingerprint density at radius 1 is 0.593 bits per heavy atom. The molecule has 1 aromatic rings. The molecule has 0 heterocycles.